The van der Waals surface area contributed by atoms with Crippen LogP contribution in [0.3, 0.4) is 0 Å². The minimum atomic E-state index is -3.81. The molecular formula is C24H31NO5S. The van der Waals surface area contributed by atoms with Crippen molar-refractivity contribution in [2.75, 3.05) is 14.2 Å². The molecule has 0 unspecified atom stereocenters. The van der Waals surface area contributed by atoms with Gasteiger partial charge in [0, 0.05) is 23.7 Å². The molecule has 31 heavy (non-hydrogen) atoms. The number of fused-ring (bicyclic) bond motifs is 1. The molecule has 6 nitrogen and oxygen atoms in total. The van der Waals surface area contributed by atoms with Gasteiger partial charge >= 0.3 is 0 Å². The summed E-state index contributed by atoms with van der Waals surface area (Å²) in [6.07, 6.45) is 4.02. The van der Waals surface area contributed by atoms with Gasteiger partial charge in [-0.2, -0.15) is 4.31 Å². The van der Waals surface area contributed by atoms with Crippen LogP contribution in [0.2, 0.25) is 0 Å². The molecule has 2 aromatic rings. The van der Waals surface area contributed by atoms with Crippen LogP contribution in [0.15, 0.2) is 47.4 Å². The van der Waals surface area contributed by atoms with Crippen LogP contribution < -0.4 is 14.2 Å². The number of methoxy groups -OCH3 is 2. The Labute approximate surface area is 185 Å². The van der Waals surface area contributed by atoms with Crippen LogP contribution in [0.1, 0.15) is 45.7 Å². The largest absolute Gasteiger partial charge is 0.493 e. The highest BCUT2D eigenvalue weighted by atomic mass is 32.2. The lowest BCUT2D eigenvalue weighted by molar-refractivity contribution is 0.159. The van der Waals surface area contributed by atoms with E-state index < -0.39 is 15.6 Å². The summed E-state index contributed by atoms with van der Waals surface area (Å²) in [4.78, 5) is 0.156. The second kappa shape index (κ2) is 8.20. The van der Waals surface area contributed by atoms with Crippen LogP contribution in [-0.4, -0.2) is 38.1 Å². The summed E-state index contributed by atoms with van der Waals surface area (Å²) in [6.45, 7) is 9.87. The molecule has 2 aromatic carbocycles. The fourth-order valence-corrected chi connectivity index (χ4v) is 5.27. The molecule has 0 saturated carbocycles. The van der Waals surface area contributed by atoms with Crippen molar-refractivity contribution < 1.29 is 22.6 Å². The molecule has 0 aliphatic carbocycles. The molecule has 0 aromatic heterocycles. The van der Waals surface area contributed by atoms with Crippen LogP contribution in [0.5, 0.6) is 17.2 Å². The summed E-state index contributed by atoms with van der Waals surface area (Å²) in [5, 5.41) is 0. The standard InChI is InChI=1S/C24H31NO5S/c1-23(2,3)25(31(26,27)19-9-11-21(28-6)22(15-19)29-7)16-17-8-10-20-18(14-17)12-13-24(4,5)30-20/h8-15H,16H2,1-7H3. The molecule has 168 valence electrons. The molecule has 1 aliphatic heterocycles. The lowest BCUT2D eigenvalue weighted by Gasteiger charge is -2.35. The number of hydrogen-bond donors (Lipinski definition) is 0. The fraction of sp³-hybridized carbons (Fsp3) is 0.417. The minimum Gasteiger partial charge on any atom is -0.493 e. The maximum absolute atomic E-state index is 13.6. The van der Waals surface area contributed by atoms with E-state index in [1.54, 1.807) is 12.1 Å². The van der Waals surface area contributed by atoms with E-state index >= 15 is 0 Å². The van der Waals surface area contributed by atoms with Crippen molar-refractivity contribution >= 4 is 16.1 Å². The Morgan fingerprint density at radius 2 is 1.68 bits per heavy atom. The molecule has 0 fully saturated rings. The molecule has 0 N–H and O–H groups in total. The van der Waals surface area contributed by atoms with Gasteiger partial charge in [0.05, 0.1) is 19.1 Å². The highest BCUT2D eigenvalue weighted by Crippen LogP contribution is 2.35. The summed E-state index contributed by atoms with van der Waals surface area (Å²) in [6, 6.07) is 10.4. The zero-order valence-electron chi connectivity index (χ0n) is 19.2. The molecule has 7 heteroatoms. The van der Waals surface area contributed by atoms with E-state index in [0.29, 0.717) is 11.5 Å². The molecular weight excluding hydrogens is 414 g/mol. The molecule has 0 saturated heterocycles. The molecule has 1 aliphatic rings. The van der Waals surface area contributed by atoms with Crippen LogP contribution in [0.4, 0.5) is 0 Å². The minimum absolute atomic E-state index is 0.156. The van der Waals surface area contributed by atoms with Gasteiger partial charge in [0.25, 0.3) is 0 Å². The predicted molar refractivity (Wildman–Crippen MR) is 122 cm³/mol. The van der Waals surface area contributed by atoms with Gasteiger partial charge in [-0.25, -0.2) is 8.42 Å². The number of ether oxygens (including phenoxy) is 3. The Bertz CT molecular complexity index is 1100. The molecule has 0 radical (unpaired) electrons. The van der Waals surface area contributed by atoms with E-state index in [1.807, 2.05) is 65.0 Å². The van der Waals surface area contributed by atoms with E-state index in [1.165, 1.54) is 24.6 Å². The average molecular weight is 446 g/mol. The van der Waals surface area contributed by atoms with Gasteiger partial charge in [0.15, 0.2) is 11.5 Å². The van der Waals surface area contributed by atoms with Gasteiger partial charge in [0.1, 0.15) is 11.4 Å². The number of hydrogen-bond acceptors (Lipinski definition) is 5. The van der Waals surface area contributed by atoms with Crippen LogP contribution >= 0.6 is 0 Å². The molecule has 1 heterocycles. The van der Waals surface area contributed by atoms with Crippen molar-refractivity contribution in [1.82, 2.24) is 4.31 Å². The third-order valence-electron chi connectivity index (χ3n) is 5.13. The van der Waals surface area contributed by atoms with Gasteiger partial charge in [-0.3, -0.25) is 0 Å². The lowest BCUT2D eigenvalue weighted by Crippen LogP contribution is -2.44. The summed E-state index contributed by atoms with van der Waals surface area (Å²) in [5.41, 5.74) is 0.818. The second-order valence-electron chi connectivity index (χ2n) is 9.11. The summed E-state index contributed by atoms with van der Waals surface area (Å²) < 4.78 is 45.3. The Morgan fingerprint density at radius 1 is 1.00 bits per heavy atom. The number of sulfonamides is 1. The van der Waals surface area contributed by atoms with Gasteiger partial charge in [-0.05, 0) is 70.5 Å². The van der Waals surface area contributed by atoms with Crippen molar-refractivity contribution in [1.29, 1.82) is 0 Å². The smallest absolute Gasteiger partial charge is 0.243 e. The van der Waals surface area contributed by atoms with E-state index in [4.69, 9.17) is 14.2 Å². The van der Waals surface area contributed by atoms with Crippen molar-refractivity contribution in [3.63, 3.8) is 0 Å². The van der Waals surface area contributed by atoms with E-state index in [-0.39, 0.29) is 17.0 Å². The molecule has 0 atom stereocenters. The third kappa shape index (κ3) is 4.88. The first kappa shape index (κ1) is 23.2. The van der Waals surface area contributed by atoms with Crippen LogP contribution in [0, 0.1) is 0 Å². The van der Waals surface area contributed by atoms with Crippen molar-refractivity contribution in [3.8, 4) is 17.2 Å². The topological polar surface area (TPSA) is 65.1 Å². The Balaban J connectivity index is 1.98. The number of nitrogens with zero attached hydrogens (tertiary/aromatic N) is 1. The zero-order valence-corrected chi connectivity index (χ0v) is 20.0. The molecule has 0 amide bonds. The maximum atomic E-state index is 13.6. The summed E-state index contributed by atoms with van der Waals surface area (Å²) >= 11 is 0. The van der Waals surface area contributed by atoms with E-state index in [9.17, 15) is 8.42 Å². The van der Waals surface area contributed by atoms with Crippen molar-refractivity contribution in [2.24, 2.45) is 0 Å². The fourth-order valence-electron chi connectivity index (χ4n) is 3.48. The Kier molecular flexibility index (Phi) is 6.13. The predicted octanol–water partition coefficient (Wildman–Crippen LogP) is 4.88. The van der Waals surface area contributed by atoms with E-state index in [0.717, 1.165) is 16.9 Å². The maximum Gasteiger partial charge on any atom is 0.243 e. The molecule has 3 rings (SSSR count). The Hall–Kier alpha value is -2.51. The monoisotopic (exact) mass is 445 g/mol. The van der Waals surface area contributed by atoms with Gasteiger partial charge in [-0.1, -0.05) is 12.1 Å². The van der Waals surface area contributed by atoms with Gasteiger partial charge in [-0.15, -0.1) is 0 Å². The third-order valence-corrected chi connectivity index (χ3v) is 7.24. The zero-order chi connectivity index (χ0) is 23.0. The van der Waals surface area contributed by atoms with Crippen molar-refractivity contribution in [2.45, 2.75) is 57.2 Å². The summed E-state index contributed by atoms with van der Waals surface area (Å²) in [5.74, 6) is 1.64. The Morgan fingerprint density at radius 3 is 2.29 bits per heavy atom. The van der Waals surface area contributed by atoms with Gasteiger partial charge < -0.3 is 14.2 Å². The molecule has 0 bridgehead atoms. The average Bonchev–Trinajstić information content (AvgIpc) is 2.69. The number of benzene rings is 2. The highest BCUT2D eigenvalue weighted by molar-refractivity contribution is 7.89. The normalized spacial score (nSPS) is 15.4. The highest BCUT2D eigenvalue weighted by Gasteiger charge is 2.35. The lowest BCUT2D eigenvalue weighted by atomic mass is 10.0. The summed E-state index contributed by atoms with van der Waals surface area (Å²) in [7, 11) is -0.803. The van der Waals surface area contributed by atoms with Crippen molar-refractivity contribution in [3.05, 3.63) is 53.6 Å². The first-order chi connectivity index (χ1) is 14.4. The van der Waals surface area contributed by atoms with Crippen LogP contribution in [0.25, 0.3) is 6.08 Å². The number of rotatable bonds is 6. The van der Waals surface area contributed by atoms with Crippen LogP contribution in [-0.2, 0) is 16.6 Å². The quantitative estimate of drug-likeness (QED) is 0.634. The first-order valence-corrected chi connectivity index (χ1v) is 11.6. The van der Waals surface area contributed by atoms with Gasteiger partial charge in [0.2, 0.25) is 10.0 Å². The molecule has 0 spiro atoms. The van der Waals surface area contributed by atoms with E-state index in [2.05, 4.69) is 0 Å². The second-order valence-corrected chi connectivity index (χ2v) is 11.0. The SMILES string of the molecule is COc1ccc(S(=O)(=O)N(Cc2ccc3c(c2)C=CC(C)(C)O3)C(C)(C)C)cc1OC. The first-order valence-electron chi connectivity index (χ1n) is 10.1.